The molecule has 1 aliphatic heterocycles. The van der Waals surface area contributed by atoms with Crippen LogP contribution >= 0.6 is 0 Å². The molecule has 20 heavy (non-hydrogen) atoms. The number of rotatable bonds is 5. The van der Waals surface area contributed by atoms with Crippen molar-refractivity contribution in [2.45, 2.75) is 32.4 Å². The first-order valence-electron chi connectivity index (χ1n) is 6.86. The van der Waals surface area contributed by atoms with Crippen LogP contribution in [0, 0.1) is 5.92 Å². The van der Waals surface area contributed by atoms with E-state index in [2.05, 4.69) is 16.7 Å². The minimum atomic E-state index is -0.837. The Morgan fingerprint density at radius 2 is 2.10 bits per heavy atom. The zero-order valence-corrected chi connectivity index (χ0v) is 11.6. The molecule has 1 aromatic carbocycles. The fourth-order valence-corrected chi connectivity index (χ4v) is 2.41. The molecule has 5 heteroatoms. The van der Waals surface area contributed by atoms with Crippen molar-refractivity contribution in [2.24, 2.45) is 5.92 Å². The molecular formula is C15H20N2O3. The predicted molar refractivity (Wildman–Crippen MR) is 75.2 cm³/mol. The van der Waals surface area contributed by atoms with E-state index in [4.69, 9.17) is 5.11 Å². The molecule has 0 saturated heterocycles. The summed E-state index contributed by atoms with van der Waals surface area (Å²) in [5.41, 5.74) is 2.43. The Kier molecular flexibility index (Phi) is 4.74. The van der Waals surface area contributed by atoms with Gasteiger partial charge in [-0.05, 0) is 23.5 Å². The topological polar surface area (TPSA) is 78.4 Å². The third kappa shape index (κ3) is 3.81. The van der Waals surface area contributed by atoms with E-state index in [9.17, 15) is 9.59 Å². The van der Waals surface area contributed by atoms with Crippen LogP contribution in [0.5, 0.6) is 0 Å². The first-order valence-corrected chi connectivity index (χ1v) is 6.86. The number of aliphatic carboxylic acids is 1. The highest BCUT2D eigenvalue weighted by atomic mass is 16.4. The van der Waals surface area contributed by atoms with Gasteiger partial charge in [0, 0.05) is 19.5 Å². The first-order chi connectivity index (χ1) is 9.56. The summed E-state index contributed by atoms with van der Waals surface area (Å²) in [5, 5.41) is 14.7. The summed E-state index contributed by atoms with van der Waals surface area (Å²) in [6.07, 6.45) is 0.747. The average molecular weight is 276 g/mol. The number of hydrogen-bond acceptors (Lipinski definition) is 3. The molecular weight excluding hydrogens is 256 g/mol. The number of carboxylic acid groups (broad SMARTS) is 1. The number of fused-ring (bicyclic) bond motifs is 1. The van der Waals surface area contributed by atoms with Gasteiger partial charge in [-0.1, -0.05) is 31.2 Å². The summed E-state index contributed by atoms with van der Waals surface area (Å²) in [7, 11) is 0. The Balaban J connectivity index is 1.84. The van der Waals surface area contributed by atoms with Gasteiger partial charge in [-0.25, -0.2) is 0 Å². The van der Waals surface area contributed by atoms with Gasteiger partial charge in [-0.3, -0.25) is 9.59 Å². The van der Waals surface area contributed by atoms with Gasteiger partial charge in [0.05, 0.1) is 6.04 Å². The van der Waals surface area contributed by atoms with Crippen molar-refractivity contribution in [3.05, 3.63) is 35.4 Å². The smallest absolute Gasteiger partial charge is 0.303 e. The van der Waals surface area contributed by atoms with Crippen molar-refractivity contribution in [3.63, 3.8) is 0 Å². The minimum Gasteiger partial charge on any atom is -0.481 e. The minimum absolute atomic E-state index is 0.0586. The number of carbonyl (C=O) groups excluding carboxylic acids is 1. The largest absolute Gasteiger partial charge is 0.481 e. The van der Waals surface area contributed by atoms with Crippen LogP contribution in [0.3, 0.4) is 0 Å². The molecule has 2 rings (SSSR count). The molecule has 0 bridgehead atoms. The van der Waals surface area contributed by atoms with Crippen LogP contribution in [0.15, 0.2) is 24.3 Å². The van der Waals surface area contributed by atoms with Crippen molar-refractivity contribution in [3.8, 4) is 0 Å². The standard InChI is InChI=1S/C15H20N2O3/c1-10(6-14(18)19)8-17-15(20)13-7-11-4-2-3-5-12(11)9-16-13/h2-5,10,13,16H,6-9H2,1H3,(H,17,20)(H,18,19)/t10?,13-/m0/s1. The summed E-state index contributed by atoms with van der Waals surface area (Å²) >= 11 is 0. The van der Waals surface area contributed by atoms with Gasteiger partial charge in [0.1, 0.15) is 0 Å². The fraction of sp³-hybridized carbons (Fsp3) is 0.467. The summed E-state index contributed by atoms with van der Waals surface area (Å²) in [6, 6.07) is 7.85. The Morgan fingerprint density at radius 3 is 2.80 bits per heavy atom. The molecule has 3 N–H and O–H groups in total. The molecule has 0 radical (unpaired) electrons. The molecule has 0 fully saturated rings. The van der Waals surface area contributed by atoms with E-state index in [0.717, 1.165) is 0 Å². The Labute approximate surface area is 118 Å². The second kappa shape index (κ2) is 6.52. The summed E-state index contributed by atoms with van der Waals surface area (Å²) in [4.78, 5) is 22.6. The highest BCUT2D eigenvalue weighted by Gasteiger charge is 2.23. The highest BCUT2D eigenvalue weighted by molar-refractivity contribution is 5.82. The molecule has 0 spiro atoms. The van der Waals surface area contributed by atoms with Gasteiger partial charge in [0.25, 0.3) is 0 Å². The molecule has 1 aromatic rings. The van der Waals surface area contributed by atoms with Gasteiger partial charge in [0.2, 0.25) is 5.91 Å². The molecule has 5 nitrogen and oxygen atoms in total. The molecule has 1 aliphatic rings. The maximum absolute atomic E-state index is 12.1. The second-order valence-electron chi connectivity index (χ2n) is 5.35. The van der Waals surface area contributed by atoms with Crippen molar-refractivity contribution in [2.75, 3.05) is 6.54 Å². The van der Waals surface area contributed by atoms with E-state index in [1.165, 1.54) is 11.1 Å². The zero-order chi connectivity index (χ0) is 14.5. The van der Waals surface area contributed by atoms with Crippen molar-refractivity contribution >= 4 is 11.9 Å². The van der Waals surface area contributed by atoms with E-state index in [0.29, 0.717) is 19.5 Å². The first kappa shape index (κ1) is 14.5. The van der Waals surface area contributed by atoms with E-state index in [1.807, 2.05) is 25.1 Å². The molecule has 1 heterocycles. The lowest BCUT2D eigenvalue weighted by atomic mass is 9.95. The zero-order valence-electron chi connectivity index (χ0n) is 11.6. The maximum Gasteiger partial charge on any atom is 0.303 e. The third-order valence-corrected chi connectivity index (χ3v) is 3.55. The quantitative estimate of drug-likeness (QED) is 0.747. The summed E-state index contributed by atoms with van der Waals surface area (Å²) < 4.78 is 0. The Hall–Kier alpha value is -1.88. The lowest BCUT2D eigenvalue weighted by Crippen LogP contribution is -2.48. The normalized spacial score (nSPS) is 18.9. The van der Waals surface area contributed by atoms with Crippen molar-refractivity contribution < 1.29 is 14.7 Å². The highest BCUT2D eigenvalue weighted by Crippen LogP contribution is 2.16. The number of hydrogen-bond donors (Lipinski definition) is 3. The van der Waals surface area contributed by atoms with Crippen molar-refractivity contribution in [1.82, 2.24) is 10.6 Å². The monoisotopic (exact) mass is 276 g/mol. The number of amides is 1. The van der Waals surface area contributed by atoms with E-state index < -0.39 is 5.97 Å². The van der Waals surface area contributed by atoms with Crippen molar-refractivity contribution in [1.29, 1.82) is 0 Å². The van der Waals surface area contributed by atoms with E-state index >= 15 is 0 Å². The molecule has 1 unspecified atom stereocenters. The van der Waals surface area contributed by atoms with Gasteiger partial charge in [-0.2, -0.15) is 0 Å². The van der Waals surface area contributed by atoms with Crippen LogP contribution in [-0.2, 0) is 22.6 Å². The molecule has 108 valence electrons. The van der Waals surface area contributed by atoms with Crippen LogP contribution in [0.2, 0.25) is 0 Å². The molecule has 0 aromatic heterocycles. The van der Waals surface area contributed by atoms with Gasteiger partial charge in [-0.15, -0.1) is 0 Å². The van der Waals surface area contributed by atoms with Crippen LogP contribution in [0.1, 0.15) is 24.5 Å². The predicted octanol–water partition coefficient (Wildman–Crippen LogP) is 0.928. The SMILES string of the molecule is CC(CNC(=O)[C@@H]1Cc2ccccc2CN1)CC(=O)O. The molecule has 0 aliphatic carbocycles. The number of benzene rings is 1. The van der Waals surface area contributed by atoms with E-state index in [-0.39, 0.29) is 24.3 Å². The molecule has 1 amide bonds. The molecule has 0 saturated carbocycles. The number of nitrogens with one attached hydrogen (secondary N) is 2. The number of carboxylic acids is 1. The van der Waals surface area contributed by atoms with Gasteiger partial charge >= 0.3 is 5.97 Å². The third-order valence-electron chi connectivity index (χ3n) is 3.55. The maximum atomic E-state index is 12.1. The summed E-state index contributed by atoms with van der Waals surface area (Å²) in [5.74, 6) is -0.958. The van der Waals surface area contributed by atoms with Crippen LogP contribution in [0.4, 0.5) is 0 Å². The van der Waals surface area contributed by atoms with Gasteiger partial charge in [0.15, 0.2) is 0 Å². The molecule has 2 atom stereocenters. The second-order valence-corrected chi connectivity index (χ2v) is 5.35. The van der Waals surface area contributed by atoms with Gasteiger partial charge < -0.3 is 15.7 Å². The lowest BCUT2D eigenvalue weighted by Gasteiger charge is -2.25. The van der Waals surface area contributed by atoms with E-state index in [1.54, 1.807) is 0 Å². The van der Waals surface area contributed by atoms with Crippen LogP contribution in [0.25, 0.3) is 0 Å². The Morgan fingerprint density at radius 1 is 1.40 bits per heavy atom. The number of carbonyl (C=O) groups is 2. The van der Waals surface area contributed by atoms with Crippen LogP contribution < -0.4 is 10.6 Å². The lowest BCUT2D eigenvalue weighted by molar-refractivity contribution is -0.138. The average Bonchev–Trinajstić information content (AvgIpc) is 2.43. The summed E-state index contributed by atoms with van der Waals surface area (Å²) in [6.45, 7) is 2.90. The Bertz CT molecular complexity index is 502. The fourth-order valence-electron chi connectivity index (χ4n) is 2.41. The van der Waals surface area contributed by atoms with Crippen LogP contribution in [-0.4, -0.2) is 29.6 Å².